The van der Waals surface area contributed by atoms with E-state index in [0.29, 0.717) is 25.9 Å². The van der Waals surface area contributed by atoms with Gasteiger partial charge in [-0.2, -0.15) is 0 Å². The standard InChI is InChI=1S/C23H28N2O3/c1-24(2)22(27)23(13-14-25(17-23)21(26)16-28-3)15-19-11-7-8-12-20(19)18-9-5-4-6-10-18/h4-12H,13-17H2,1-3H3. The number of nitrogens with zero attached hydrogens (tertiary/aromatic N) is 2. The van der Waals surface area contributed by atoms with Crippen molar-refractivity contribution in [2.75, 3.05) is 40.9 Å². The fraction of sp³-hybridized carbons (Fsp3) is 0.391. The average Bonchev–Trinajstić information content (AvgIpc) is 3.14. The Hall–Kier alpha value is -2.66. The van der Waals surface area contributed by atoms with E-state index in [4.69, 9.17) is 4.74 Å². The average molecular weight is 380 g/mol. The quantitative estimate of drug-likeness (QED) is 0.774. The van der Waals surface area contributed by atoms with E-state index >= 15 is 0 Å². The van der Waals surface area contributed by atoms with Crippen LogP contribution < -0.4 is 0 Å². The summed E-state index contributed by atoms with van der Waals surface area (Å²) in [7, 11) is 5.09. The number of carbonyl (C=O) groups excluding carboxylic acids is 2. The Morgan fingerprint density at radius 3 is 2.43 bits per heavy atom. The van der Waals surface area contributed by atoms with Gasteiger partial charge in [-0.1, -0.05) is 54.6 Å². The van der Waals surface area contributed by atoms with Crippen molar-refractivity contribution >= 4 is 11.8 Å². The highest BCUT2D eigenvalue weighted by atomic mass is 16.5. The SMILES string of the molecule is COCC(=O)N1CCC(Cc2ccccc2-c2ccccc2)(C(=O)N(C)C)C1. The van der Waals surface area contributed by atoms with E-state index in [1.165, 1.54) is 7.11 Å². The summed E-state index contributed by atoms with van der Waals surface area (Å²) in [5.74, 6) is 0.00959. The van der Waals surface area contributed by atoms with Crippen LogP contribution in [0, 0.1) is 5.41 Å². The van der Waals surface area contributed by atoms with Crippen LogP contribution in [0.25, 0.3) is 11.1 Å². The summed E-state index contributed by atoms with van der Waals surface area (Å²) in [6.45, 7) is 1.05. The first kappa shape index (κ1) is 20.1. The van der Waals surface area contributed by atoms with Crippen LogP contribution in [0.3, 0.4) is 0 Å². The first-order chi connectivity index (χ1) is 13.5. The maximum absolute atomic E-state index is 13.2. The highest BCUT2D eigenvalue weighted by Gasteiger charge is 2.46. The van der Waals surface area contributed by atoms with Crippen molar-refractivity contribution in [1.29, 1.82) is 0 Å². The third kappa shape index (κ3) is 4.09. The molecule has 1 heterocycles. The van der Waals surface area contributed by atoms with E-state index < -0.39 is 5.41 Å². The second-order valence-corrected chi connectivity index (χ2v) is 7.68. The summed E-state index contributed by atoms with van der Waals surface area (Å²) in [5.41, 5.74) is 2.79. The molecule has 1 aliphatic heterocycles. The summed E-state index contributed by atoms with van der Waals surface area (Å²) < 4.78 is 5.00. The molecule has 0 radical (unpaired) electrons. The number of likely N-dealkylation sites (tertiary alicyclic amines) is 1. The van der Waals surface area contributed by atoms with Gasteiger partial charge in [0.15, 0.2) is 0 Å². The molecule has 3 rings (SSSR count). The molecule has 28 heavy (non-hydrogen) atoms. The van der Waals surface area contributed by atoms with Crippen LogP contribution in [0.15, 0.2) is 54.6 Å². The lowest BCUT2D eigenvalue weighted by Crippen LogP contribution is -2.45. The van der Waals surface area contributed by atoms with Gasteiger partial charge in [0, 0.05) is 34.3 Å². The van der Waals surface area contributed by atoms with E-state index in [9.17, 15) is 9.59 Å². The van der Waals surface area contributed by atoms with Gasteiger partial charge in [-0.15, -0.1) is 0 Å². The van der Waals surface area contributed by atoms with Gasteiger partial charge in [-0.3, -0.25) is 9.59 Å². The molecule has 148 valence electrons. The number of carbonyl (C=O) groups is 2. The summed E-state index contributed by atoms with van der Waals surface area (Å²) in [6, 6.07) is 18.4. The van der Waals surface area contributed by atoms with Crippen LogP contribution >= 0.6 is 0 Å². The fourth-order valence-corrected chi connectivity index (χ4v) is 4.11. The van der Waals surface area contributed by atoms with Gasteiger partial charge >= 0.3 is 0 Å². The Morgan fingerprint density at radius 2 is 1.75 bits per heavy atom. The van der Waals surface area contributed by atoms with Crippen LogP contribution in [0.1, 0.15) is 12.0 Å². The third-order valence-electron chi connectivity index (χ3n) is 5.47. The summed E-state index contributed by atoms with van der Waals surface area (Å²) in [5, 5.41) is 0. The molecule has 1 saturated heterocycles. The maximum atomic E-state index is 13.2. The van der Waals surface area contributed by atoms with Crippen LogP contribution in [-0.2, 0) is 20.7 Å². The molecule has 0 aliphatic carbocycles. The minimum atomic E-state index is -0.613. The number of methoxy groups -OCH3 is 1. The molecule has 1 fully saturated rings. The molecule has 5 heteroatoms. The van der Waals surface area contributed by atoms with Gasteiger partial charge in [0.25, 0.3) is 0 Å². The van der Waals surface area contributed by atoms with Crippen molar-refractivity contribution in [2.45, 2.75) is 12.8 Å². The van der Waals surface area contributed by atoms with Crippen molar-refractivity contribution in [3.8, 4) is 11.1 Å². The van der Waals surface area contributed by atoms with Crippen LogP contribution in [-0.4, -0.2) is 62.5 Å². The van der Waals surface area contributed by atoms with Gasteiger partial charge in [-0.05, 0) is 29.5 Å². The topological polar surface area (TPSA) is 49.9 Å². The van der Waals surface area contributed by atoms with Crippen molar-refractivity contribution in [3.05, 3.63) is 60.2 Å². The van der Waals surface area contributed by atoms with Gasteiger partial charge in [-0.25, -0.2) is 0 Å². The normalized spacial score (nSPS) is 18.9. The molecule has 0 spiro atoms. The zero-order valence-corrected chi connectivity index (χ0v) is 16.9. The predicted molar refractivity (Wildman–Crippen MR) is 110 cm³/mol. The van der Waals surface area contributed by atoms with Crippen LogP contribution in [0.4, 0.5) is 0 Å². The third-order valence-corrected chi connectivity index (χ3v) is 5.47. The number of rotatable bonds is 6. The monoisotopic (exact) mass is 380 g/mol. The molecule has 0 saturated carbocycles. The highest BCUT2D eigenvalue weighted by molar-refractivity contribution is 5.86. The van der Waals surface area contributed by atoms with Gasteiger partial charge in [0.05, 0.1) is 5.41 Å². The lowest BCUT2D eigenvalue weighted by molar-refractivity contribution is -0.140. The van der Waals surface area contributed by atoms with E-state index in [1.54, 1.807) is 23.9 Å². The Morgan fingerprint density at radius 1 is 1.07 bits per heavy atom. The van der Waals surface area contributed by atoms with Crippen molar-refractivity contribution in [1.82, 2.24) is 9.80 Å². The van der Waals surface area contributed by atoms with Crippen molar-refractivity contribution in [2.24, 2.45) is 5.41 Å². The predicted octanol–water partition coefficient (Wildman–Crippen LogP) is 2.85. The Kier molecular flexibility index (Phi) is 6.15. The van der Waals surface area contributed by atoms with Crippen molar-refractivity contribution in [3.63, 3.8) is 0 Å². The molecule has 2 aromatic carbocycles. The molecule has 5 nitrogen and oxygen atoms in total. The fourth-order valence-electron chi connectivity index (χ4n) is 4.11. The summed E-state index contributed by atoms with van der Waals surface area (Å²) in [6.07, 6.45) is 1.26. The lowest BCUT2D eigenvalue weighted by atomic mass is 9.77. The highest BCUT2D eigenvalue weighted by Crippen LogP contribution is 2.38. The molecule has 2 amide bonds. The second kappa shape index (κ2) is 8.57. The number of amides is 2. The molecular weight excluding hydrogens is 352 g/mol. The largest absolute Gasteiger partial charge is 0.375 e. The maximum Gasteiger partial charge on any atom is 0.248 e. The first-order valence-electron chi connectivity index (χ1n) is 9.59. The number of benzene rings is 2. The first-order valence-corrected chi connectivity index (χ1v) is 9.59. The number of hydrogen-bond acceptors (Lipinski definition) is 3. The molecule has 0 bridgehead atoms. The molecule has 2 aromatic rings. The number of hydrogen-bond donors (Lipinski definition) is 0. The Labute approximate surface area is 166 Å². The minimum Gasteiger partial charge on any atom is -0.375 e. The second-order valence-electron chi connectivity index (χ2n) is 7.68. The smallest absolute Gasteiger partial charge is 0.248 e. The molecular formula is C23H28N2O3. The zero-order chi connectivity index (χ0) is 20.1. The summed E-state index contributed by atoms with van der Waals surface area (Å²) in [4.78, 5) is 29.0. The van der Waals surface area contributed by atoms with Gasteiger partial charge in [0.2, 0.25) is 11.8 Å². The van der Waals surface area contributed by atoms with Gasteiger partial charge < -0.3 is 14.5 Å². The number of ether oxygens (including phenoxy) is 1. The molecule has 0 N–H and O–H groups in total. The van der Waals surface area contributed by atoms with Crippen molar-refractivity contribution < 1.29 is 14.3 Å². The van der Waals surface area contributed by atoms with E-state index in [1.807, 2.05) is 30.3 Å². The minimum absolute atomic E-state index is 0.0484. The molecule has 1 aliphatic rings. The van der Waals surface area contributed by atoms with Crippen LogP contribution in [0.2, 0.25) is 0 Å². The van der Waals surface area contributed by atoms with Crippen LogP contribution in [0.5, 0.6) is 0 Å². The summed E-state index contributed by atoms with van der Waals surface area (Å²) >= 11 is 0. The van der Waals surface area contributed by atoms with Gasteiger partial charge in [0.1, 0.15) is 6.61 Å². The zero-order valence-electron chi connectivity index (χ0n) is 16.9. The van der Waals surface area contributed by atoms with E-state index in [2.05, 4.69) is 24.3 Å². The lowest BCUT2D eigenvalue weighted by Gasteiger charge is -2.31. The molecule has 0 aromatic heterocycles. The molecule has 1 atom stereocenters. The Bertz CT molecular complexity index is 835. The molecule has 1 unspecified atom stereocenters. The van der Waals surface area contributed by atoms with E-state index in [0.717, 1.165) is 16.7 Å². The Balaban J connectivity index is 1.95. The van der Waals surface area contributed by atoms with E-state index in [-0.39, 0.29) is 18.4 Å².